The van der Waals surface area contributed by atoms with Crippen LogP contribution in [0.25, 0.3) is 0 Å². The molecule has 0 saturated heterocycles. The molecule has 124 valence electrons. The molecule has 7 nitrogen and oxygen atoms in total. The highest BCUT2D eigenvalue weighted by Gasteiger charge is 2.22. The smallest absolute Gasteiger partial charge is 0.227 e. The number of carbonyl (C=O) groups is 1. The van der Waals surface area contributed by atoms with Crippen molar-refractivity contribution in [2.75, 3.05) is 0 Å². The quantitative estimate of drug-likeness (QED) is 0.763. The van der Waals surface area contributed by atoms with E-state index in [2.05, 4.69) is 20.6 Å². The summed E-state index contributed by atoms with van der Waals surface area (Å²) in [4.78, 5) is 16.6. The van der Waals surface area contributed by atoms with Crippen LogP contribution in [0.2, 0.25) is 5.02 Å². The number of hydrogen-bond acceptors (Lipinski definition) is 6. The lowest BCUT2D eigenvalue weighted by atomic mass is 10.1. The maximum atomic E-state index is 12.3. The molecule has 0 bridgehead atoms. The van der Waals surface area contributed by atoms with Crippen molar-refractivity contribution in [1.29, 1.82) is 0 Å². The Balaban J connectivity index is 1.81. The molecule has 1 amide bonds. The average Bonchev–Trinajstić information content (AvgIpc) is 3.14. The SMILES string of the molecule is Cc1cc(CC(=O)NC(c2ccc(Cl)cc2)c2noc(C)n2)no1. The molecule has 0 fully saturated rings. The predicted molar refractivity (Wildman–Crippen MR) is 85.4 cm³/mol. The molecular weight excluding hydrogens is 332 g/mol. The Morgan fingerprint density at radius 2 is 1.96 bits per heavy atom. The van der Waals surface area contributed by atoms with Gasteiger partial charge in [0.15, 0.2) is 5.82 Å². The standard InChI is InChI=1S/C16H15ClN4O3/c1-9-7-13(20-23-9)8-14(22)19-15(16-18-10(2)24-21-16)11-3-5-12(17)6-4-11/h3-7,15H,8H2,1-2H3,(H,19,22). The Hall–Kier alpha value is -2.67. The fourth-order valence-corrected chi connectivity index (χ4v) is 2.39. The van der Waals surface area contributed by atoms with Crippen LogP contribution < -0.4 is 5.32 Å². The van der Waals surface area contributed by atoms with Gasteiger partial charge in [-0.25, -0.2) is 0 Å². The highest BCUT2D eigenvalue weighted by molar-refractivity contribution is 6.30. The summed E-state index contributed by atoms with van der Waals surface area (Å²) in [6, 6.07) is 8.27. The second kappa shape index (κ2) is 6.84. The van der Waals surface area contributed by atoms with E-state index < -0.39 is 6.04 Å². The predicted octanol–water partition coefficient (Wildman–Crippen LogP) is 2.78. The van der Waals surface area contributed by atoms with Gasteiger partial charge in [0.2, 0.25) is 11.8 Å². The van der Waals surface area contributed by atoms with Gasteiger partial charge in [0, 0.05) is 18.0 Å². The molecule has 1 unspecified atom stereocenters. The van der Waals surface area contributed by atoms with Crippen LogP contribution >= 0.6 is 11.6 Å². The Kier molecular flexibility index (Phi) is 4.61. The molecule has 0 aliphatic heterocycles. The first-order chi connectivity index (χ1) is 11.5. The van der Waals surface area contributed by atoms with Gasteiger partial charge in [0.1, 0.15) is 11.8 Å². The third kappa shape index (κ3) is 3.80. The van der Waals surface area contributed by atoms with Gasteiger partial charge in [-0.05, 0) is 24.6 Å². The van der Waals surface area contributed by atoms with Crippen LogP contribution in [0.5, 0.6) is 0 Å². The minimum absolute atomic E-state index is 0.0955. The molecule has 1 atom stereocenters. The van der Waals surface area contributed by atoms with Crippen LogP contribution in [0, 0.1) is 13.8 Å². The number of nitrogens with one attached hydrogen (secondary N) is 1. The van der Waals surface area contributed by atoms with E-state index >= 15 is 0 Å². The van der Waals surface area contributed by atoms with Crippen molar-refractivity contribution in [1.82, 2.24) is 20.6 Å². The maximum absolute atomic E-state index is 12.3. The summed E-state index contributed by atoms with van der Waals surface area (Å²) in [6.07, 6.45) is 0.0955. The average molecular weight is 347 g/mol. The van der Waals surface area contributed by atoms with E-state index in [9.17, 15) is 4.79 Å². The Labute approximate surface area is 143 Å². The molecular formula is C16H15ClN4O3. The lowest BCUT2D eigenvalue weighted by Gasteiger charge is -2.15. The zero-order valence-electron chi connectivity index (χ0n) is 13.1. The Morgan fingerprint density at radius 1 is 1.21 bits per heavy atom. The lowest BCUT2D eigenvalue weighted by molar-refractivity contribution is -0.121. The van der Waals surface area contributed by atoms with Crippen molar-refractivity contribution in [3.63, 3.8) is 0 Å². The van der Waals surface area contributed by atoms with Crippen LogP contribution in [-0.4, -0.2) is 21.2 Å². The third-order valence-corrected chi connectivity index (χ3v) is 3.58. The minimum atomic E-state index is -0.541. The van der Waals surface area contributed by atoms with Crippen LogP contribution in [0.4, 0.5) is 0 Å². The van der Waals surface area contributed by atoms with Gasteiger partial charge < -0.3 is 14.4 Å². The second-order valence-corrected chi connectivity index (χ2v) is 5.77. The summed E-state index contributed by atoms with van der Waals surface area (Å²) in [5.41, 5.74) is 1.36. The molecule has 0 radical (unpaired) electrons. The fraction of sp³-hybridized carbons (Fsp3) is 0.250. The highest BCUT2D eigenvalue weighted by Crippen LogP contribution is 2.22. The summed E-state index contributed by atoms with van der Waals surface area (Å²) in [5, 5.41) is 11.2. The molecule has 24 heavy (non-hydrogen) atoms. The van der Waals surface area contributed by atoms with Crippen molar-refractivity contribution in [3.8, 4) is 0 Å². The first kappa shape index (κ1) is 16.2. The van der Waals surface area contributed by atoms with E-state index in [4.69, 9.17) is 20.6 Å². The number of hydrogen-bond donors (Lipinski definition) is 1. The molecule has 0 saturated carbocycles. The summed E-state index contributed by atoms with van der Waals surface area (Å²) in [5.74, 6) is 1.22. The molecule has 0 spiro atoms. The van der Waals surface area contributed by atoms with Gasteiger partial charge in [0.05, 0.1) is 12.1 Å². The van der Waals surface area contributed by atoms with Crippen molar-refractivity contribution >= 4 is 17.5 Å². The largest absolute Gasteiger partial charge is 0.361 e. The number of aryl methyl sites for hydroxylation is 2. The highest BCUT2D eigenvalue weighted by atomic mass is 35.5. The van der Waals surface area contributed by atoms with Gasteiger partial charge in [0.25, 0.3) is 0 Å². The van der Waals surface area contributed by atoms with Crippen molar-refractivity contribution in [3.05, 3.63) is 64.1 Å². The van der Waals surface area contributed by atoms with Crippen molar-refractivity contribution in [2.45, 2.75) is 26.3 Å². The van der Waals surface area contributed by atoms with Crippen molar-refractivity contribution < 1.29 is 13.8 Å². The monoisotopic (exact) mass is 346 g/mol. The van der Waals surface area contributed by atoms with E-state index in [1.54, 1.807) is 44.2 Å². The first-order valence-electron chi connectivity index (χ1n) is 7.28. The van der Waals surface area contributed by atoms with Gasteiger partial charge in [-0.3, -0.25) is 4.79 Å². The lowest BCUT2D eigenvalue weighted by Crippen LogP contribution is -2.31. The number of nitrogens with zero attached hydrogens (tertiary/aromatic N) is 3. The molecule has 3 rings (SSSR count). The zero-order valence-corrected chi connectivity index (χ0v) is 13.9. The number of halogens is 1. The van der Waals surface area contributed by atoms with E-state index in [-0.39, 0.29) is 12.3 Å². The zero-order chi connectivity index (χ0) is 17.1. The second-order valence-electron chi connectivity index (χ2n) is 5.33. The fourth-order valence-electron chi connectivity index (χ4n) is 2.26. The molecule has 3 aromatic rings. The van der Waals surface area contributed by atoms with E-state index in [1.165, 1.54) is 0 Å². The van der Waals surface area contributed by atoms with Gasteiger partial charge in [-0.2, -0.15) is 4.98 Å². The van der Waals surface area contributed by atoms with Gasteiger partial charge in [-0.1, -0.05) is 34.0 Å². The molecule has 2 heterocycles. The number of aromatic nitrogens is 3. The van der Waals surface area contributed by atoms with Crippen LogP contribution in [0.3, 0.4) is 0 Å². The molecule has 2 aromatic heterocycles. The van der Waals surface area contributed by atoms with E-state index in [0.717, 1.165) is 5.56 Å². The van der Waals surface area contributed by atoms with Gasteiger partial charge >= 0.3 is 0 Å². The van der Waals surface area contributed by atoms with E-state index in [0.29, 0.717) is 28.2 Å². The summed E-state index contributed by atoms with van der Waals surface area (Å²) in [7, 11) is 0. The number of carbonyl (C=O) groups excluding carboxylic acids is 1. The Morgan fingerprint density at radius 3 is 2.54 bits per heavy atom. The minimum Gasteiger partial charge on any atom is -0.361 e. The summed E-state index contributed by atoms with van der Waals surface area (Å²) < 4.78 is 10.00. The van der Waals surface area contributed by atoms with E-state index in [1.807, 2.05) is 0 Å². The Bertz CT molecular complexity index is 841. The van der Waals surface area contributed by atoms with Gasteiger partial charge in [-0.15, -0.1) is 0 Å². The molecule has 8 heteroatoms. The molecule has 0 aliphatic carbocycles. The summed E-state index contributed by atoms with van der Waals surface area (Å²) in [6.45, 7) is 3.46. The molecule has 1 aromatic carbocycles. The molecule has 0 aliphatic rings. The normalized spacial score (nSPS) is 12.1. The number of benzene rings is 1. The number of amides is 1. The van der Waals surface area contributed by atoms with Crippen molar-refractivity contribution in [2.24, 2.45) is 0 Å². The first-order valence-corrected chi connectivity index (χ1v) is 7.66. The van der Waals surface area contributed by atoms with Crippen LogP contribution in [0.1, 0.15) is 34.8 Å². The number of rotatable bonds is 5. The summed E-state index contributed by atoms with van der Waals surface area (Å²) >= 11 is 5.93. The topological polar surface area (TPSA) is 94.1 Å². The maximum Gasteiger partial charge on any atom is 0.227 e. The van der Waals surface area contributed by atoms with Crippen LogP contribution in [-0.2, 0) is 11.2 Å². The molecule has 1 N–H and O–H groups in total. The third-order valence-electron chi connectivity index (χ3n) is 3.33. The van der Waals surface area contributed by atoms with Crippen LogP contribution in [0.15, 0.2) is 39.4 Å².